The van der Waals surface area contributed by atoms with E-state index >= 15 is 0 Å². The molecular weight excluding hydrogens is 232 g/mol. The molecular formula is C17H24N2. The summed E-state index contributed by atoms with van der Waals surface area (Å²) in [6.45, 7) is 5.40. The van der Waals surface area contributed by atoms with Gasteiger partial charge >= 0.3 is 0 Å². The van der Waals surface area contributed by atoms with Crippen LogP contribution in [-0.2, 0) is 0 Å². The molecule has 1 unspecified atom stereocenters. The second-order valence-corrected chi connectivity index (χ2v) is 5.03. The third-order valence-electron chi connectivity index (χ3n) is 3.52. The zero-order valence-electron chi connectivity index (χ0n) is 12.0. The molecule has 19 heavy (non-hydrogen) atoms. The van der Waals surface area contributed by atoms with Crippen molar-refractivity contribution < 1.29 is 0 Å². The molecule has 0 aliphatic rings. The van der Waals surface area contributed by atoms with E-state index in [1.165, 1.54) is 36.8 Å². The van der Waals surface area contributed by atoms with E-state index in [-0.39, 0.29) is 0 Å². The monoisotopic (exact) mass is 256 g/mol. The number of unbranched alkanes of at least 4 members (excludes halogenated alkanes) is 2. The summed E-state index contributed by atoms with van der Waals surface area (Å²) >= 11 is 0. The van der Waals surface area contributed by atoms with Crippen LogP contribution >= 0.6 is 0 Å². The van der Waals surface area contributed by atoms with Gasteiger partial charge in [0.05, 0.1) is 11.2 Å². The third kappa shape index (κ3) is 3.77. The first-order valence-corrected chi connectivity index (χ1v) is 7.44. The molecule has 0 fully saturated rings. The summed E-state index contributed by atoms with van der Waals surface area (Å²) in [6.07, 6.45) is 5.01. The summed E-state index contributed by atoms with van der Waals surface area (Å²) in [5, 5.41) is 4.78. The Morgan fingerprint density at radius 2 is 1.89 bits per heavy atom. The Labute approximate surface area is 116 Å². The summed E-state index contributed by atoms with van der Waals surface area (Å²) in [6, 6.07) is 13.1. The zero-order chi connectivity index (χ0) is 13.5. The maximum Gasteiger partial charge on any atom is 0.0706 e. The average molecular weight is 256 g/mol. The van der Waals surface area contributed by atoms with Crippen LogP contribution in [0.25, 0.3) is 10.9 Å². The number of nitrogens with zero attached hydrogens (tertiary/aromatic N) is 1. The quantitative estimate of drug-likeness (QED) is 0.739. The van der Waals surface area contributed by atoms with Crippen molar-refractivity contribution in [1.29, 1.82) is 0 Å². The van der Waals surface area contributed by atoms with E-state index < -0.39 is 0 Å². The first-order chi connectivity index (χ1) is 9.35. The molecule has 0 saturated carbocycles. The maximum atomic E-state index is 4.81. The fourth-order valence-corrected chi connectivity index (χ4v) is 2.48. The second-order valence-electron chi connectivity index (χ2n) is 5.03. The van der Waals surface area contributed by atoms with Gasteiger partial charge in [-0.15, -0.1) is 0 Å². The Hall–Kier alpha value is -1.41. The first-order valence-electron chi connectivity index (χ1n) is 7.44. The van der Waals surface area contributed by atoms with Crippen LogP contribution in [0.15, 0.2) is 36.4 Å². The number of pyridine rings is 1. The largest absolute Gasteiger partial charge is 0.309 e. The molecule has 102 valence electrons. The van der Waals surface area contributed by atoms with Gasteiger partial charge in [0.2, 0.25) is 0 Å². The number of fused-ring (bicyclic) bond motifs is 1. The number of aromatic nitrogens is 1. The van der Waals surface area contributed by atoms with E-state index in [1.807, 2.05) is 0 Å². The lowest BCUT2D eigenvalue weighted by molar-refractivity contribution is 0.478. The fourth-order valence-electron chi connectivity index (χ4n) is 2.48. The molecule has 0 spiro atoms. The van der Waals surface area contributed by atoms with Crippen LogP contribution in [0, 0.1) is 0 Å². The lowest BCUT2D eigenvalue weighted by atomic mass is 10.0. The number of rotatable bonds is 7. The molecule has 1 aromatic heterocycles. The molecule has 0 bridgehead atoms. The zero-order valence-corrected chi connectivity index (χ0v) is 12.0. The van der Waals surface area contributed by atoms with Gasteiger partial charge in [0.1, 0.15) is 0 Å². The van der Waals surface area contributed by atoms with E-state index in [4.69, 9.17) is 4.98 Å². The Bertz CT molecular complexity index is 507. The highest BCUT2D eigenvalue weighted by atomic mass is 14.9. The normalized spacial score (nSPS) is 12.7. The molecule has 1 aromatic carbocycles. The van der Waals surface area contributed by atoms with Crippen LogP contribution in [0.5, 0.6) is 0 Å². The molecule has 0 aliphatic heterocycles. The van der Waals surface area contributed by atoms with Gasteiger partial charge in [-0.1, -0.05) is 57.4 Å². The molecule has 2 rings (SSSR count). The lowest BCUT2D eigenvalue weighted by Crippen LogP contribution is -2.21. The standard InChI is InChI=1S/C17H24N2/c1-3-5-6-11-16(18-4-2)17-13-12-14-9-7-8-10-15(14)19-17/h7-10,12-13,16,18H,3-6,11H2,1-2H3. The molecule has 1 heterocycles. The summed E-state index contributed by atoms with van der Waals surface area (Å²) < 4.78 is 0. The average Bonchev–Trinajstić information content (AvgIpc) is 2.46. The molecule has 0 aliphatic carbocycles. The Balaban J connectivity index is 2.17. The molecule has 1 N–H and O–H groups in total. The van der Waals surface area contributed by atoms with Crippen molar-refractivity contribution in [3.05, 3.63) is 42.1 Å². The van der Waals surface area contributed by atoms with Gasteiger partial charge in [0, 0.05) is 11.4 Å². The molecule has 2 aromatic rings. The van der Waals surface area contributed by atoms with Crippen LogP contribution in [0.3, 0.4) is 0 Å². The minimum absolute atomic E-state index is 0.390. The van der Waals surface area contributed by atoms with Gasteiger partial charge in [0.15, 0.2) is 0 Å². The Kier molecular flexibility index (Phi) is 5.34. The number of benzene rings is 1. The van der Waals surface area contributed by atoms with Crippen molar-refractivity contribution >= 4 is 10.9 Å². The van der Waals surface area contributed by atoms with E-state index in [0.717, 1.165) is 12.1 Å². The van der Waals surface area contributed by atoms with Crippen molar-refractivity contribution in [2.75, 3.05) is 6.54 Å². The fraction of sp³-hybridized carbons (Fsp3) is 0.471. The van der Waals surface area contributed by atoms with E-state index in [0.29, 0.717) is 6.04 Å². The number of nitrogens with one attached hydrogen (secondary N) is 1. The van der Waals surface area contributed by atoms with Gasteiger partial charge < -0.3 is 5.32 Å². The van der Waals surface area contributed by atoms with Crippen molar-refractivity contribution in [3.8, 4) is 0 Å². The predicted octanol–water partition coefficient (Wildman–Crippen LogP) is 4.47. The van der Waals surface area contributed by atoms with Gasteiger partial charge in [0.25, 0.3) is 0 Å². The minimum atomic E-state index is 0.390. The van der Waals surface area contributed by atoms with Crippen LogP contribution in [-0.4, -0.2) is 11.5 Å². The lowest BCUT2D eigenvalue weighted by Gasteiger charge is -2.17. The van der Waals surface area contributed by atoms with Crippen molar-refractivity contribution in [1.82, 2.24) is 10.3 Å². The summed E-state index contributed by atoms with van der Waals surface area (Å²) in [5.74, 6) is 0. The summed E-state index contributed by atoms with van der Waals surface area (Å²) in [4.78, 5) is 4.81. The van der Waals surface area contributed by atoms with Crippen molar-refractivity contribution in [2.24, 2.45) is 0 Å². The second kappa shape index (κ2) is 7.25. The van der Waals surface area contributed by atoms with Crippen LogP contribution in [0.2, 0.25) is 0 Å². The van der Waals surface area contributed by atoms with Crippen LogP contribution in [0.4, 0.5) is 0 Å². The molecule has 0 saturated heterocycles. The van der Waals surface area contributed by atoms with Crippen molar-refractivity contribution in [2.45, 2.75) is 45.6 Å². The molecule has 1 atom stereocenters. The smallest absolute Gasteiger partial charge is 0.0706 e. The SMILES string of the molecule is CCCCCC(NCC)c1ccc2ccccc2n1. The number of hydrogen-bond donors (Lipinski definition) is 1. The highest BCUT2D eigenvalue weighted by Crippen LogP contribution is 2.21. The van der Waals surface area contributed by atoms with E-state index in [9.17, 15) is 0 Å². The molecule has 2 heteroatoms. The Morgan fingerprint density at radius 1 is 1.05 bits per heavy atom. The predicted molar refractivity (Wildman–Crippen MR) is 82.3 cm³/mol. The van der Waals surface area contributed by atoms with Gasteiger partial charge in [-0.25, -0.2) is 0 Å². The molecule has 0 amide bonds. The molecule has 0 radical (unpaired) electrons. The first kappa shape index (κ1) is 14.0. The van der Waals surface area contributed by atoms with E-state index in [1.54, 1.807) is 0 Å². The molecule has 2 nitrogen and oxygen atoms in total. The minimum Gasteiger partial charge on any atom is -0.309 e. The Morgan fingerprint density at radius 3 is 2.68 bits per heavy atom. The maximum absolute atomic E-state index is 4.81. The van der Waals surface area contributed by atoms with Crippen LogP contribution < -0.4 is 5.32 Å². The van der Waals surface area contributed by atoms with Crippen molar-refractivity contribution in [3.63, 3.8) is 0 Å². The van der Waals surface area contributed by atoms with E-state index in [2.05, 4.69) is 55.6 Å². The topological polar surface area (TPSA) is 24.9 Å². The summed E-state index contributed by atoms with van der Waals surface area (Å²) in [5.41, 5.74) is 2.27. The summed E-state index contributed by atoms with van der Waals surface area (Å²) in [7, 11) is 0. The van der Waals surface area contributed by atoms with Gasteiger partial charge in [-0.2, -0.15) is 0 Å². The van der Waals surface area contributed by atoms with Gasteiger partial charge in [-0.3, -0.25) is 4.98 Å². The van der Waals surface area contributed by atoms with Gasteiger partial charge in [-0.05, 0) is 25.1 Å². The van der Waals surface area contributed by atoms with Crippen LogP contribution in [0.1, 0.15) is 51.3 Å². The third-order valence-corrected chi connectivity index (χ3v) is 3.52. The highest BCUT2D eigenvalue weighted by molar-refractivity contribution is 5.78. The highest BCUT2D eigenvalue weighted by Gasteiger charge is 2.11. The number of para-hydroxylation sites is 1. The number of hydrogen-bond acceptors (Lipinski definition) is 2.